The molecular formula is C40H76CaLiNaO8. The van der Waals surface area contributed by atoms with E-state index in [9.17, 15) is 19.8 Å². The summed E-state index contributed by atoms with van der Waals surface area (Å²) in [6.45, 7) is 6.48. The molecule has 0 aromatic heterocycles. The van der Waals surface area contributed by atoms with Gasteiger partial charge in [-0.2, -0.15) is 0 Å². The van der Waals surface area contributed by atoms with Gasteiger partial charge in [-0.15, -0.1) is 0 Å². The Morgan fingerprint density at radius 1 is 0.333 bits per heavy atom. The molecule has 0 radical (unpaired) electrons. The van der Waals surface area contributed by atoms with Crippen LogP contribution in [0.25, 0.3) is 0 Å². The van der Waals surface area contributed by atoms with Crippen molar-refractivity contribution in [2.24, 2.45) is 0 Å². The van der Waals surface area contributed by atoms with Gasteiger partial charge in [-0.3, -0.25) is 0 Å². The molecule has 288 valence electrons. The Hall–Kier alpha value is 0.737. The van der Waals surface area contributed by atoms with E-state index in [1.807, 2.05) is 0 Å². The first-order chi connectivity index (χ1) is 23.0. The maximum absolute atomic E-state index is 10.2. The molecule has 0 unspecified atom stereocenters. The third-order valence-electron chi connectivity index (χ3n) is 7.97. The first-order valence-electron chi connectivity index (χ1n) is 19.8. The van der Waals surface area contributed by atoms with Crippen molar-refractivity contribution in [2.75, 3.05) is 0 Å². The summed E-state index contributed by atoms with van der Waals surface area (Å²) in [6.07, 6.45) is 39.7. The Morgan fingerprint density at radius 2 is 0.451 bits per heavy atom. The van der Waals surface area contributed by atoms with Gasteiger partial charge in [0.25, 0.3) is 0 Å². The minimum absolute atomic E-state index is 0. The van der Waals surface area contributed by atoms with Crippen molar-refractivity contribution < 1.29 is 88.0 Å². The third kappa shape index (κ3) is 99.9. The van der Waals surface area contributed by atoms with Crippen LogP contribution in [0.15, 0.2) is 0 Å². The maximum Gasteiger partial charge on any atom is 2.00 e. The molecule has 0 aliphatic heterocycles. The monoisotopic (exact) mass is 755 g/mol. The summed E-state index contributed by atoms with van der Waals surface area (Å²) in [6, 6.07) is 0. The normalized spacial score (nSPS) is 9.49. The molecule has 0 aromatic carbocycles. The molecule has 0 spiro atoms. The average Bonchev–Trinajstić information content (AvgIpc) is 3.00. The maximum atomic E-state index is 10.2. The SMILES string of the molecule is CC(=O)[O-].CC(=O)[O-].CCCCCCCCCCCCCCCCCC(=O)[O-].CCCCCCCCCCCCCCCCCC(=O)[O-].[Ca+2].[Li+].[Na+]. The van der Waals surface area contributed by atoms with Crippen molar-refractivity contribution in [3.05, 3.63) is 0 Å². The van der Waals surface area contributed by atoms with E-state index in [0.29, 0.717) is 0 Å². The van der Waals surface area contributed by atoms with Crippen LogP contribution >= 0.6 is 0 Å². The summed E-state index contributed by atoms with van der Waals surface area (Å²) < 4.78 is 0. The second-order valence-corrected chi connectivity index (χ2v) is 13.1. The summed E-state index contributed by atoms with van der Waals surface area (Å²) in [5.41, 5.74) is 0. The zero-order valence-electron chi connectivity index (χ0n) is 34.6. The van der Waals surface area contributed by atoms with Crippen LogP contribution in [0.2, 0.25) is 0 Å². The van der Waals surface area contributed by atoms with E-state index < -0.39 is 23.9 Å². The molecule has 0 bridgehead atoms. The number of carbonyl (C=O) groups is 4. The molecule has 0 fully saturated rings. The Kier molecular flexibility index (Phi) is 81.8. The predicted molar refractivity (Wildman–Crippen MR) is 196 cm³/mol. The van der Waals surface area contributed by atoms with E-state index in [1.54, 1.807) is 0 Å². The van der Waals surface area contributed by atoms with Crippen molar-refractivity contribution in [2.45, 2.75) is 233 Å². The molecule has 0 aliphatic carbocycles. The number of aliphatic carboxylic acids is 4. The van der Waals surface area contributed by atoms with Gasteiger partial charge >= 0.3 is 86.2 Å². The van der Waals surface area contributed by atoms with Crippen molar-refractivity contribution in [3.63, 3.8) is 0 Å². The largest absolute Gasteiger partial charge is 2.00 e. The molecule has 0 heterocycles. The van der Waals surface area contributed by atoms with E-state index in [4.69, 9.17) is 19.8 Å². The first kappa shape index (κ1) is 66.5. The van der Waals surface area contributed by atoms with E-state index in [-0.39, 0.29) is 99.0 Å². The van der Waals surface area contributed by atoms with Crippen LogP contribution in [0.4, 0.5) is 0 Å². The summed E-state index contributed by atoms with van der Waals surface area (Å²) in [5, 5.41) is 38.2. The van der Waals surface area contributed by atoms with E-state index >= 15 is 0 Å². The molecule has 0 saturated heterocycles. The Balaban J connectivity index is -0.000000119. The molecule has 0 saturated carbocycles. The molecule has 0 aliphatic rings. The molecule has 51 heavy (non-hydrogen) atoms. The fourth-order valence-corrected chi connectivity index (χ4v) is 5.28. The van der Waals surface area contributed by atoms with Crippen LogP contribution in [0.3, 0.4) is 0 Å². The molecule has 11 heteroatoms. The van der Waals surface area contributed by atoms with Gasteiger partial charge in [0.15, 0.2) is 0 Å². The second-order valence-electron chi connectivity index (χ2n) is 13.1. The van der Waals surface area contributed by atoms with Crippen molar-refractivity contribution in [1.29, 1.82) is 0 Å². The molecule has 8 nitrogen and oxygen atoms in total. The van der Waals surface area contributed by atoms with Crippen molar-refractivity contribution in [1.82, 2.24) is 0 Å². The van der Waals surface area contributed by atoms with E-state index in [1.165, 1.54) is 167 Å². The summed E-state index contributed by atoms with van der Waals surface area (Å²) >= 11 is 0. The van der Waals surface area contributed by atoms with Crippen LogP contribution < -0.4 is 68.8 Å². The number of carboxylic acid groups (broad SMARTS) is 4. The zero-order chi connectivity index (χ0) is 36.9. The van der Waals surface area contributed by atoms with Gasteiger partial charge in [-0.1, -0.05) is 194 Å². The minimum atomic E-state index is -1.08. The van der Waals surface area contributed by atoms with Gasteiger partial charge in [-0.05, 0) is 39.5 Å². The molecule has 0 N–H and O–H groups in total. The Bertz CT molecular complexity index is 623. The number of carboxylic acids is 4. The quantitative estimate of drug-likeness (QED) is 0.0731. The summed E-state index contributed by atoms with van der Waals surface area (Å²) in [7, 11) is 0. The minimum Gasteiger partial charge on any atom is -0.550 e. The van der Waals surface area contributed by atoms with Gasteiger partial charge in [-0.25, -0.2) is 0 Å². The number of unbranched alkanes of at least 4 members (excludes halogenated alkanes) is 28. The number of carbonyl (C=O) groups excluding carboxylic acids is 4. The first-order valence-corrected chi connectivity index (χ1v) is 19.8. The Morgan fingerprint density at radius 3 is 0.569 bits per heavy atom. The molecule has 0 rings (SSSR count). The fourth-order valence-electron chi connectivity index (χ4n) is 5.28. The second kappa shape index (κ2) is 62.7. The van der Waals surface area contributed by atoms with Gasteiger partial charge in [0, 0.05) is 23.9 Å². The Labute approximate surface area is 379 Å². The fraction of sp³-hybridized carbons (Fsp3) is 0.900. The van der Waals surface area contributed by atoms with Crippen LogP contribution in [0.5, 0.6) is 0 Å². The topological polar surface area (TPSA) is 161 Å². The number of rotatable bonds is 32. The van der Waals surface area contributed by atoms with Crippen LogP contribution in [-0.4, -0.2) is 61.6 Å². The summed E-state index contributed by atoms with van der Waals surface area (Å²) in [5.74, 6) is -3.97. The average molecular weight is 755 g/mol. The predicted octanol–water partition coefficient (Wildman–Crippen LogP) is 1.14. The molecule has 0 aromatic rings. The molecule has 0 atom stereocenters. The number of hydrogen-bond donors (Lipinski definition) is 0. The summed E-state index contributed by atoms with van der Waals surface area (Å²) in [4.78, 5) is 38.2. The van der Waals surface area contributed by atoms with Crippen LogP contribution in [0.1, 0.15) is 233 Å². The standard InChI is InChI=1S/2C18H36O2.2C2H4O2.Ca.Li.Na/c2*1-2-3-4-5-6-7-8-9-10-11-12-13-14-15-16-17-18(19)20;2*1-2(3)4;;;/h2*2-17H2,1H3,(H,19,20);2*1H3,(H,3,4);;;/q;;;;+2;2*+1/p-4. The third-order valence-corrected chi connectivity index (χ3v) is 7.97. The van der Waals surface area contributed by atoms with E-state index in [2.05, 4.69) is 13.8 Å². The van der Waals surface area contributed by atoms with Gasteiger partial charge in [0.2, 0.25) is 0 Å². The van der Waals surface area contributed by atoms with E-state index in [0.717, 1.165) is 39.5 Å². The smallest absolute Gasteiger partial charge is 0.550 e. The van der Waals surface area contributed by atoms with Gasteiger partial charge in [0.05, 0.1) is 0 Å². The zero-order valence-corrected chi connectivity index (χ0v) is 38.8. The molecule has 0 amide bonds. The van der Waals surface area contributed by atoms with Crippen molar-refractivity contribution >= 4 is 61.6 Å². The van der Waals surface area contributed by atoms with Gasteiger partial charge < -0.3 is 39.6 Å². The van der Waals surface area contributed by atoms with Crippen LogP contribution in [0, 0.1) is 0 Å². The van der Waals surface area contributed by atoms with Gasteiger partial charge in [0.1, 0.15) is 0 Å². The molecular weight excluding hydrogens is 678 g/mol. The van der Waals surface area contributed by atoms with Crippen LogP contribution in [-0.2, 0) is 19.2 Å². The van der Waals surface area contributed by atoms with Crippen molar-refractivity contribution in [3.8, 4) is 0 Å². The number of hydrogen-bond acceptors (Lipinski definition) is 8.